The Morgan fingerprint density at radius 3 is 3.30 bits per heavy atom. The third-order valence-electron chi connectivity index (χ3n) is 1.26. The SMILES string of the molecule is O=Cc1cc2[nH]ncc2s1. The highest BCUT2D eigenvalue weighted by atomic mass is 32.1. The lowest BCUT2D eigenvalue weighted by molar-refractivity contribution is 0.112. The van der Waals surface area contributed by atoms with E-state index in [1.807, 2.05) is 0 Å². The van der Waals surface area contributed by atoms with E-state index in [4.69, 9.17) is 0 Å². The van der Waals surface area contributed by atoms with E-state index in [1.165, 1.54) is 11.3 Å². The van der Waals surface area contributed by atoms with Crippen molar-refractivity contribution in [2.24, 2.45) is 0 Å². The van der Waals surface area contributed by atoms with Crippen LogP contribution in [-0.4, -0.2) is 16.5 Å². The van der Waals surface area contributed by atoms with Crippen LogP contribution in [0.2, 0.25) is 0 Å². The molecule has 10 heavy (non-hydrogen) atoms. The Morgan fingerprint density at radius 1 is 1.70 bits per heavy atom. The standard InChI is InChI=1S/C6H4N2OS/c9-3-4-1-5-6(10-4)2-7-8-5/h1-3H,(H,7,8). The average Bonchev–Trinajstić information content (AvgIpc) is 2.42. The molecule has 0 atom stereocenters. The van der Waals surface area contributed by atoms with E-state index in [-0.39, 0.29) is 0 Å². The highest BCUT2D eigenvalue weighted by Crippen LogP contribution is 2.21. The van der Waals surface area contributed by atoms with E-state index < -0.39 is 0 Å². The van der Waals surface area contributed by atoms with E-state index in [2.05, 4.69) is 10.2 Å². The van der Waals surface area contributed by atoms with Crippen molar-refractivity contribution in [3.8, 4) is 0 Å². The first kappa shape index (κ1) is 5.61. The van der Waals surface area contributed by atoms with Gasteiger partial charge in [-0.2, -0.15) is 5.10 Å². The molecule has 0 fully saturated rings. The van der Waals surface area contributed by atoms with Crippen molar-refractivity contribution < 1.29 is 4.79 Å². The number of rotatable bonds is 1. The molecular weight excluding hydrogens is 148 g/mol. The van der Waals surface area contributed by atoms with E-state index in [1.54, 1.807) is 12.3 Å². The van der Waals surface area contributed by atoms with E-state index >= 15 is 0 Å². The van der Waals surface area contributed by atoms with Crippen molar-refractivity contribution in [1.29, 1.82) is 0 Å². The number of nitrogens with one attached hydrogen (secondary N) is 1. The average molecular weight is 152 g/mol. The number of thiophene rings is 1. The maximum Gasteiger partial charge on any atom is 0.160 e. The maximum absolute atomic E-state index is 10.3. The van der Waals surface area contributed by atoms with Gasteiger partial charge in [0, 0.05) is 0 Å². The lowest BCUT2D eigenvalue weighted by Gasteiger charge is -1.70. The van der Waals surface area contributed by atoms with Gasteiger partial charge in [-0.3, -0.25) is 9.89 Å². The molecule has 0 amide bonds. The number of hydrogen-bond acceptors (Lipinski definition) is 3. The van der Waals surface area contributed by atoms with Crippen LogP contribution in [0.3, 0.4) is 0 Å². The molecule has 0 unspecified atom stereocenters. The number of H-pyrrole nitrogens is 1. The van der Waals surface area contributed by atoms with E-state index in [0.29, 0.717) is 0 Å². The van der Waals surface area contributed by atoms with Crippen LogP contribution in [0.5, 0.6) is 0 Å². The molecule has 0 aliphatic carbocycles. The fraction of sp³-hybridized carbons (Fsp3) is 0. The van der Waals surface area contributed by atoms with Gasteiger partial charge in [-0.1, -0.05) is 0 Å². The van der Waals surface area contributed by atoms with Gasteiger partial charge in [0.1, 0.15) is 0 Å². The van der Waals surface area contributed by atoms with Crippen LogP contribution in [0.15, 0.2) is 12.3 Å². The molecule has 2 rings (SSSR count). The van der Waals surface area contributed by atoms with Crippen molar-refractivity contribution >= 4 is 27.8 Å². The van der Waals surface area contributed by atoms with Gasteiger partial charge in [0.05, 0.1) is 21.3 Å². The number of aromatic nitrogens is 2. The summed E-state index contributed by atoms with van der Waals surface area (Å²) in [4.78, 5) is 11.0. The Balaban J connectivity index is 2.78. The van der Waals surface area contributed by atoms with Crippen LogP contribution >= 0.6 is 11.3 Å². The van der Waals surface area contributed by atoms with Crippen LogP contribution < -0.4 is 0 Å². The summed E-state index contributed by atoms with van der Waals surface area (Å²) in [5.74, 6) is 0. The van der Waals surface area contributed by atoms with Crippen molar-refractivity contribution in [1.82, 2.24) is 10.2 Å². The molecule has 2 aromatic heterocycles. The Morgan fingerprint density at radius 2 is 2.60 bits per heavy atom. The summed E-state index contributed by atoms with van der Waals surface area (Å²) in [6.45, 7) is 0. The van der Waals surface area contributed by atoms with Crippen LogP contribution in [0.4, 0.5) is 0 Å². The van der Waals surface area contributed by atoms with E-state index in [0.717, 1.165) is 21.4 Å². The number of nitrogens with zero attached hydrogens (tertiary/aromatic N) is 1. The number of hydrogen-bond donors (Lipinski definition) is 1. The molecule has 0 saturated carbocycles. The first-order valence-electron chi connectivity index (χ1n) is 2.78. The topological polar surface area (TPSA) is 45.8 Å². The quantitative estimate of drug-likeness (QED) is 0.628. The summed E-state index contributed by atoms with van der Waals surface area (Å²) in [7, 11) is 0. The van der Waals surface area contributed by atoms with Crippen molar-refractivity contribution in [3.63, 3.8) is 0 Å². The molecule has 3 nitrogen and oxygen atoms in total. The van der Waals surface area contributed by atoms with Crippen LogP contribution in [0.25, 0.3) is 10.2 Å². The molecule has 0 aromatic carbocycles. The van der Waals surface area contributed by atoms with Gasteiger partial charge >= 0.3 is 0 Å². The molecule has 2 heterocycles. The largest absolute Gasteiger partial charge is 0.297 e. The fourth-order valence-electron chi connectivity index (χ4n) is 0.827. The number of aromatic amines is 1. The molecule has 50 valence electrons. The zero-order chi connectivity index (χ0) is 6.97. The number of carbonyl (C=O) groups excluding carboxylic acids is 1. The van der Waals surface area contributed by atoms with Crippen molar-refractivity contribution in [3.05, 3.63) is 17.1 Å². The maximum atomic E-state index is 10.3. The predicted molar refractivity (Wildman–Crippen MR) is 39.4 cm³/mol. The van der Waals surface area contributed by atoms with Gasteiger partial charge in [-0.25, -0.2) is 0 Å². The second-order valence-electron chi connectivity index (χ2n) is 1.91. The van der Waals surface area contributed by atoms with E-state index in [9.17, 15) is 4.79 Å². The summed E-state index contributed by atoms with van der Waals surface area (Å²) in [6.07, 6.45) is 2.56. The van der Waals surface area contributed by atoms with Gasteiger partial charge < -0.3 is 0 Å². The first-order chi connectivity index (χ1) is 4.90. The minimum Gasteiger partial charge on any atom is -0.297 e. The highest BCUT2D eigenvalue weighted by Gasteiger charge is 2.00. The van der Waals surface area contributed by atoms with Crippen molar-refractivity contribution in [2.45, 2.75) is 0 Å². The molecule has 0 saturated heterocycles. The number of carbonyl (C=O) groups is 1. The van der Waals surface area contributed by atoms with Gasteiger partial charge in [-0.15, -0.1) is 11.3 Å². The monoisotopic (exact) mass is 152 g/mol. The molecule has 4 heteroatoms. The Kier molecular flexibility index (Phi) is 1.07. The third kappa shape index (κ3) is 0.657. The van der Waals surface area contributed by atoms with Crippen LogP contribution in [0.1, 0.15) is 9.67 Å². The first-order valence-corrected chi connectivity index (χ1v) is 3.60. The molecule has 0 aliphatic heterocycles. The Labute approximate surface area is 60.7 Å². The van der Waals surface area contributed by atoms with Crippen LogP contribution in [0, 0.1) is 0 Å². The number of aldehydes is 1. The smallest absolute Gasteiger partial charge is 0.160 e. The highest BCUT2D eigenvalue weighted by molar-refractivity contribution is 7.20. The lowest BCUT2D eigenvalue weighted by Crippen LogP contribution is -1.66. The predicted octanol–water partition coefficient (Wildman–Crippen LogP) is 1.44. The zero-order valence-corrected chi connectivity index (χ0v) is 5.81. The Hall–Kier alpha value is -1.16. The van der Waals surface area contributed by atoms with Gasteiger partial charge in [0.15, 0.2) is 6.29 Å². The minimum atomic E-state index is 0.739. The minimum absolute atomic E-state index is 0.739. The molecule has 0 aliphatic rings. The second kappa shape index (κ2) is 1.91. The lowest BCUT2D eigenvalue weighted by atomic mass is 10.4. The summed E-state index contributed by atoms with van der Waals surface area (Å²) in [5.41, 5.74) is 0.937. The number of fused-ring (bicyclic) bond motifs is 1. The molecule has 0 spiro atoms. The fourth-order valence-corrected chi connectivity index (χ4v) is 1.63. The molecule has 1 N–H and O–H groups in total. The Bertz CT molecular complexity index is 334. The zero-order valence-electron chi connectivity index (χ0n) is 5.00. The molecule has 2 aromatic rings. The second-order valence-corrected chi connectivity index (χ2v) is 3.03. The molecule has 0 bridgehead atoms. The molecular formula is C6H4N2OS. The summed E-state index contributed by atoms with van der Waals surface area (Å²) < 4.78 is 1.03. The van der Waals surface area contributed by atoms with Gasteiger partial charge in [0.2, 0.25) is 0 Å². The molecule has 0 radical (unpaired) electrons. The summed E-state index contributed by atoms with van der Waals surface area (Å²) in [6, 6.07) is 1.79. The normalized spacial score (nSPS) is 10.4. The van der Waals surface area contributed by atoms with Gasteiger partial charge in [-0.05, 0) is 6.07 Å². The summed E-state index contributed by atoms with van der Waals surface area (Å²) in [5, 5.41) is 6.58. The van der Waals surface area contributed by atoms with Crippen molar-refractivity contribution in [2.75, 3.05) is 0 Å². The third-order valence-corrected chi connectivity index (χ3v) is 2.26. The van der Waals surface area contributed by atoms with Gasteiger partial charge in [0.25, 0.3) is 0 Å². The summed E-state index contributed by atoms with van der Waals surface area (Å²) >= 11 is 1.44. The van der Waals surface area contributed by atoms with Crippen LogP contribution in [-0.2, 0) is 0 Å².